The Bertz CT molecular complexity index is 440. The standard InChI is InChI=1S/C13H22N4O/c1-9-7-17(6-5-12(9)14-3)13(18)11-8-16(4)15-10(11)2/h8-9,12,14H,5-7H2,1-4H3. The summed E-state index contributed by atoms with van der Waals surface area (Å²) in [6.07, 6.45) is 2.83. The SMILES string of the molecule is CNC1CCN(C(=O)c2cn(C)nc2C)CC1C. The van der Waals surface area contributed by atoms with Crippen molar-refractivity contribution >= 4 is 5.91 Å². The van der Waals surface area contributed by atoms with Crippen LogP contribution in [0, 0.1) is 12.8 Å². The first-order valence-corrected chi connectivity index (χ1v) is 6.49. The molecule has 1 fully saturated rings. The lowest BCUT2D eigenvalue weighted by Crippen LogP contribution is -2.49. The van der Waals surface area contributed by atoms with E-state index >= 15 is 0 Å². The summed E-state index contributed by atoms with van der Waals surface area (Å²) in [6.45, 7) is 5.72. The molecule has 2 rings (SSSR count). The molecule has 0 spiro atoms. The minimum atomic E-state index is 0.113. The van der Waals surface area contributed by atoms with Crippen LogP contribution in [-0.2, 0) is 7.05 Å². The molecule has 100 valence electrons. The fourth-order valence-corrected chi connectivity index (χ4v) is 2.74. The van der Waals surface area contributed by atoms with Crippen molar-refractivity contribution in [3.8, 4) is 0 Å². The molecule has 2 unspecified atom stereocenters. The largest absolute Gasteiger partial charge is 0.338 e. The van der Waals surface area contributed by atoms with Gasteiger partial charge in [0, 0.05) is 32.4 Å². The number of nitrogens with zero attached hydrogens (tertiary/aromatic N) is 3. The Morgan fingerprint density at radius 3 is 2.78 bits per heavy atom. The van der Waals surface area contributed by atoms with Crippen LogP contribution in [0.25, 0.3) is 0 Å². The van der Waals surface area contributed by atoms with E-state index in [1.165, 1.54) is 0 Å². The number of amides is 1. The van der Waals surface area contributed by atoms with Crippen LogP contribution >= 0.6 is 0 Å². The summed E-state index contributed by atoms with van der Waals surface area (Å²) in [6, 6.07) is 0.518. The molecule has 1 aliphatic rings. The van der Waals surface area contributed by atoms with Crippen molar-refractivity contribution in [3.63, 3.8) is 0 Å². The maximum atomic E-state index is 12.4. The van der Waals surface area contributed by atoms with Crippen LogP contribution in [0.5, 0.6) is 0 Å². The van der Waals surface area contributed by atoms with E-state index in [-0.39, 0.29) is 5.91 Å². The van der Waals surface area contributed by atoms with Crippen LogP contribution in [0.4, 0.5) is 0 Å². The van der Waals surface area contributed by atoms with Crippen LogP contribution in [-0.4, -0.2) is 46.8 Å². The molecule has 0 aliphatic carbocycles. The maximum absolute atomic E-state index is 12.4. The minimum absolute atomic E-state index is 0.113. The predicted octanol–water partition coefficient (Wildman–Crippen LogP) is 0.799. The second-order valence-corrected chi connectivity index (χ2v) is 5.21. The Balaban J connectivity index is 2.09. The lowest BCUT2D eigenvalue weighted by atomic mass is 9.93. The van der Waals surface area contributed by atoms with E-state index in [1.54, 1.807) is 4.68 Å². The number of hydrogen-bond acceptors (Lipinski definition) is 3. The fraction of sp³-hybridized carbons (Fsp3) is 0.692. The molecule has 2 heterocycles. The summed E-state index contributed by atoms with van der Waals surface area (Å²) in [4.78, 5) is 14.4. The molecule has 1 aromatic rings. The van der Waals surface area contributed by atoms with Gasteiger partial charge in [-0.3, -0.25) is 9.48 Å². The third-order valence-electron chi connectivity index (χ3n) is 3.81. The average molecular weight is 250 g/mol. The quantitative estimate of drug-likeness (QED) is 0.844. The Hall–Kier alpha value is -1.36. The molecule has 2 atom stereocenters. The molecule has 0 saturated carbocycles. The number of carbonyl (C=O) groups is 1. The molecule has 18 heavy (non-hydrogen) atoms. The first-order valence-electron chi connectivity index (χ1n) is 6.49. The smallest absolute Gasteiger partial charge is 0.257 e. The molecular formula is C13H22N4O. The normalized spacial score (nSPS) is 24.3. The number of likely N-dealkylation sites (tertiary alicyclic amines) is 1. The van der Waals surface area contributed by atoms with Crippen LogP contribution in [0.2, 0.25) is 0 Å². The second-order valence-electron chi connectivity index (χ2n) is 5.21. The molecule has 0 aromatic carbocycles. The van der Waals surface area contributed by atoms with Crippen LogP contribution < -0.4 is 5.32 Å². The topological polar surface area (TPSA) is 50.2 Å². The number of carbonyl (C=O) groups excluding carboxylic acids is 1. The Morgan fingerprint density at radius 1 is 1.56 bits per heavy atom. The molecule has 1 N–H and O–H groups in total. The number of hydrogen-bond donors (Lipinski definition) is 1. The summed E-state index contributed by atoms with van der Waals surface area (Å²) in [5.41, 5.74) is 1.54. The highest BCUT2D eigenvalue weighted by Gasteiger charge is 2.29. The Morgan fingerprint density at radius 2 is 2.28 bits per heavy atom. The minimum Gasteiger partial charge on any atom is -0.338 e. The molecule has 1 aliphatic heterocycles. The second kappa shape index (κ2) is 5.10. The highest BCUT2D eigenvalue weighted by Crippen LogP contribution is 2.19. The predicted molar refractivity (Wildman–Crippen MR) is 70.5 cm³/mol. The van der Waals surface area contributed by atoms with Crippen molar-refractivity contribution in [3.05, 3.63) is 17.5 Å². The summed E-state index contributed by atoms with van der Waals surface area (Å²) < 4.78 is 1.70. The Kier molecular flexibility index (Phi) is 3.71. The van der Waals surface area contributed by atoms with Gasteiger partial charge in [0.05, 0.1) is 11.3 Å². The summed E-state index contributed by atoms with van der Waals surface area (Å²) in [5.74, 6) is 0.603. The molecule has 5 nitrogen and oxygen atoms in total. The monoisotopic (exact) mass is 250 g/mol. The van der Waals surface area contributed by atoms with E-state index in [2.05, 4.69) is 17.3 Å². The molecular weight excluding hydrogens is 228 g/mol. The van der Waals surface area contributed by atoms with Gasteiger partial charge in [0.15, 0.2) is 0 Å². The average Bonchev–Trinajstić information content (AvgIpc) is 2.67. The van der Waals surface area contributed by atoms with Crippen LogP contribution in [0.15, 0.2) is 6.20 Å². The van der Waals surface area contributed by atoms with Crippen molar-refractivity contribution in [2.24, 2.45) is 13.0 Å². The van der Waals surface area contributed by atoms with E-state index in [9.17, 15) is 4.79 Å². The van der Waals surface area contributed by atoms with Gasteiger partial charge in [-0.05, 0) is 26.3 Å². The van der Waals surface area contributed by atoms with E-state index in [1.807, 2.05) is 32.1 Å². The van der Waals surface area contributed by atoms with E-state index < -0.39 is 0 Å². The Labute approximate surface area is 108 Å². The molecule has 0 radical (unpaired) electrons. The van der Waals surface area contributed by atoms with Gasteiger partial charge in [-0.2, -0.15) is 5.10 Å². The summed E-state index contributed by atoms with van der Waals surface area (Å²) >= 11 is 0. The van der Waals surface area contributed by atoms with Gasteiger partial charge in [0.2, 0.25) is 0 Å². The fourth-order valence-electron chi connectivity index (χ4n) is 2.74. The highest BCUT2D eigenvalue weighted by atomic mass is 16.2. The van der Waals surface area contributed by atoms with Gasteiger partial charge >= 0.3 is 0 Å². The van der Waals surface area contributed by atoms with E-state index in [4.69, 9.17) is 0 Å². The van der Waals surface area contributed by atoms with Crippen molar-refractivity contribution in [2.75, 3.05) is 20.1 Å². The zero-order valence-electron chi connectivity index (χ0n) is 11.6. The van der Waals surface area contributed by atoms with Gasteiger partial charge in [-0.25, -0.2) is 0 Å². The zero-order chi connectivity index (χ0) is 13.3. The third kappa shape index (κ3) is 2.41. The highest BCUT2D eigenvalue weighted by molar-refractivity contribution is 5.95. The number of aryl methyl sites for hydroxylation is 2. The first-order chi connectivity index (χ1) is 8.52. The number of piperidine rings is 1. The van der Waals surface area contributed by atoms with Gasteiger partial charge in [-0.1, -0.05) is 6.92 Å². The zero-order valence-corrected chi connectivity index (χ0v) is 11.6. The third-order valence-corrected chi connectivity index (χ3v) is 3.81. The van der Waals surface area contributed by atoms with Crippen molar-refractivity contribution in [1.82, 2.24) is 20.0 Å². The summed E-state index contributed by atoms with van der Waals surface area (Å²) in [5, 5.41) is 7.55. The van der Waals surface area contributed by atoms with Crippen molar-refractivity contribution < 1.29 is 4.79 Å². The van der Waals surface area contributed by atoms with Crippen molar-refractivity contribution in [1.29, 1.82) is 0 Å². The molecule has 1 aromatic heterocycles. The van der Waals surface area contributed by atoms with Crippen molar-refractivity contribution in [2.45, 2.75) is 26.3 Å². The van der Waals surface area contributed by atoms with Gasteiger partial charge in [0.1, 0.15) is 0 Å². The first kappa shape index (κ1) is 13.1. The number of nitrogens with one attached hydrogen (secondary N) is 1. The molecule has 5 heteroatoms. The van der Waals surface area contributed by atoms with Crippen LogP contribution in [0.3, 0.4) is 0 Å². The molecule has 1 saturated heterocycles. The van der Waals surface area contributed by atoms with E-state index in [0.29, 0.717) is 12.0 Å². The lowest BCUT2D eigenvalue weighted by molar-refractivity contribution is 0.0648. The molecule has 0 bridgehead atoms. The van der Waals surface area contributed by atoms with Gasteiger partial charge in [0.25, 0.3) is 5.91 Å². The number of aromatic nitrogens is 2. The van der Waals surface area contributed by atoms with Crippen LogP contribution in [0.1, 0.15) is 29.4 Å². The number of rotatable bonds is 2. The summed E-state index contributed by atoms with van der Waals surface area (Å²) in [7, 11) is 3.84. The van der Waals surface area contributed by atoms with Gasteiger partial charge in [-0.15, -0.1) is 0 Å². The lowest BCUT2D eigenvalue weighted by Gasteiger charge is -2.36. The maximum Gasteiger partial charge on any atom is 0.257 e. The van der Waals surface area contributed by atoms with E-state index in [0.717, 1.165) is 30.8 Å². The molecule has 1 amide bonds. The van der Waals surface area contributed by atoms with Gasteiger partial charge < -0.3 is 10.2 Å².